The number of hydrogen-bond donors (Lipinski definition) is 2. The van der Waals surface area contributed by atoms with Gasteiger partial charge in [-0.05, 0) is 13.3 Å². The van der Waals surface area contributed by atoms with Gasteiger partial charge < -0.3 is 19.7 Å². The molecule has 2 atom stereocenters. The first-order valence-corrected chi connectivity index (χ1v) is 5.20. The van der Waals surface area contributed by atoms with E-state index in [1.807, 2.05) is 13.8 Å². The summed E-state index contributed by atoms with van der Waals surface area (Å²) in [6, 6.07) is 0. The molecule has 0 radical (unpaired) electrons. The Bertz CT molecular complexity index is 194. The number of hydrogen-bond acceptors (Lipinski definition) is 4. The Kier molecular flexibility index (Phi) is 9.54. The molecule has 88 valence electrons. The highest BCUT2D eigenvalue weighted by Gasteiger charge is 2.01. The molecule has 0 aliphatic carbocycles. The first kappa shape index (κ1) is 14.4. The van der Waals surface area contributed by atoms with Crippen LogP contribution in [0.2, 0.25) is 0 Å². The molecule has 0 heterocycles. The van der Waals surface area contributed by atoms with Gasteiger partial charge in [0.2, 0.25) is 0 Å². The summed E-state index contributed by atoms with van der Waals surface area (Å²) in [5.41, 5.74) is 0. The molecule has 0 spiro atoms. The molecule has 0 amide bonds. The smallest absolute Gasteiger partial charge is 0.118 e. The van der Waals surface area contributed by atoms with Crippen molar-refractivity contribution in [2.75, 3.05) is 26.4 Å². The van der Waals surface area contributed by atoms with Crippen LogP contribution in [-0.4, -0.2) is 48.8 Å². The first-order chi connectivity index (χ1) is 7.24. The lowest BCUT2D eigenvalue weighted by Gasteiger charge is -2.09. The van der Waals surface area contributed by atoms with Gasteiger partial charge in [0.15, 0.2) is 0 Å². The van der Waals surface area contributed by atoms with E-state index in [0.717, 1.165) is 6.42 Å². The molecule has 0 bridgehead atoms. The fourth-order valence-electron chi connectivity index (χ4n) is 0.938. The van der Waals surface area contributed by atoms with E-state index in [4.69, 9.17) is 19.7 Å². The van der Waals surface area contributed by atoms with E-state index in [-0.39, 0.29) is 25.4 Å². The zero-order chi connectivity index (χ0) is 11.5. The second-order valence-corrected chi connectivity index (χ2v) is 3.02. The Morgan fingerprint density at radius 1 is 1.07 bits per heavy atom. The van der Waals surface area contributed by atoms with Crippen molar-refractivity contribution >= 4 is 0 Å². The molecule has 15 heavy (non-hydrogen) atoms. The van der Waals surface area contributed by atoms with E-state index in [2.05, 4.69) is 11.8 Å². The van der Waals surface area contributed by atoms with Crippen molar-refractivity contribution in [1.29, 1.82) is 0 Å². The van der Waals surface area contributed by atoms with Gasteiger partial charge in [0.1, 0.15) is 12.2 Å². The number of aliphatic hydroxyl groups is 2. The van der Waals surface area contributed by atoms with Crippen LogP contribution >= 0.6 is 0 Å². The van der Waals surface area contributed by atoms with Crippen LogP contribution in [0, 0.1) is 11.8 Å². The molecule has 0 aromatic rings. The highest BCUT2D eigenvalue weighted by Crippen LogP contribution is 1.96. The standard InChI is InChI=1S/C11H20O4/c1-3-11(15-9-7-13)5-4-10(2)14-8-6-12/h10-13H,3,6-9H2,1-2H3. The molecule has 0 saturated carbocycles. The van der Waals surface area contributed by atoms with E-state index in [9.17, 15) is 0 Å². The molecule has 0 fully saturated rings. The van der Waals surface area contributed by atoms with Gasteiger partial charge in [-0.2, -0.15) is 0 Å². The van der Waals surface area contributed by atoms with E-state index in [1.165, 1.54) is 0 Å². The van der Waals surface area contributed by atoms with Gasteiger partial charge in [0, 0.05) is 0 Å². The Morgan fingerprint density at radius 3 is 2.20 bits per heavy atom. The molecule has 0 aliphatic rings. The predicted molar refractivity (Wildman–Crippen MR) is 57.4 cm³/mol. The van der Waals surface area contributed by atoms with Crippen LogP contribution in [-0.2, 0) is 9.47 Å². The second-order valence-electron chi connectivity index (χ2n) is 3.02. The van der Waals surface area contributed by atoms with Gasteiger partial charge in [-0.15, -0.1) is 0 Å². The van der Waals surface area contributed by atoms with Crippen molar-refractivity contribution in [3.8, 4) is 11.8 Å². The third kappa shape index (κ3) is 8.40. The van der Waals surface area contributed by atoms with Crippen LogP contribution in [0.4, 0.5) is 0 Å². The van der Waals surface area contributed by atoms with E-state index < -0.39 is 0 Å². The largest absolute Gasteiger partial charge is 0.394 e. The fourth-order valence-corrected chi connectivity index (χ4v) is 0.938. The fraction of sp³-hybridized carbons (Fsp3) is 0.818. The van der Waals surface area contributed by atoms with Gasteiger partial charge in [-0.3, -0.25) is 0 Å². The highest BCUT2D eigenvalue weighted by molar-refractivity contribution is 5.08. The van der Waals surface area contributed by atoms with Crippen LogP contribution in [0.15, 0.2) is 0 Å². The summed E-state index contributed by atoms with van der Waals surface area (Å²) in [5, 5.41) is 17.1. The molecule has 0 saturated heterocycles. The lowest BCUT2D eigenvalue weighted by Crippen LogP contribution is -2.14. The quantitative estimate of drug-likeness (QED) is 0.596. The Morgan fingerprint density at radius 2 is 1.67 bits per heavy atom. The summed E-state index contributed by atoms with van der Waals surface area (Å²) in [6.07, 6.45) is 0.418. The Hall–Kier alpha value is -0.600. The normalized spacial score (nSPS) is 14.1. The van der Waals surface area contributed by atoms with Gasteiger partial charge in [0.05, 0.1) is 26.4 Å². The summed E-state index contributed by atoms with van der Waals surface area (Å²) >= 11 is 0. The molecule has 0 aromatic carbocycles. The summed E-state index contributed by atoms with van der Waals surface area (Å²) in [6.45, 7) is 4.40. The lowest BCUT2D eigenvalue weighted by molar-refractivity contribution is 0.0556. The zero-order valence-electron chi connectivity index (χ0n) is 9.40. The van der Waals surface area contributed by atoms with E-state index in [1.54, 1.807) is 0 Å². The summed E-state index contributed by atoms with van der Waals surface area (Å²) in [4.78, 5) is 0. The second kappa shape index (κ2) is 9.94. The maximum absolute atomic E-state index is 8.58. The van der Waals surface area contributed by atoms with Crippen molar-refractivity contribution in [2.24, 2.45) is 0 Å². The predicted octanol–water partition coefficient (Wildman–Crippen LogP) is 0.175. The molecular formula is C11H20O4. The van der Waals surface area contributed by atoms with Crippen LogP contribution in [0.3, 0.4) is 0 Å². The van der Waals surface area contributed by atoms with Crippen LogP contribution in [0.5, 0.6) is 0 Å². The minimum Gasteiger partial charge on any atom is -0.394 e. The maximum atomic E-state index is 8.58. The lowest BCUT2D eigenvalue weighted by atomic mass is 10.2. The van der Waals surface area contributed by atoms with Crippen LogP contribution in [0.1, 0.15) is 20.3 Å². The third-order valence-corrected chi connectivity index (χ3v) is 1.69. The molecular weight excluding hydrogens is 196 g/mol. The zero-order valence-corrected chi connectivity index (χ0v) is 9.40. The average molecular weight is 216 g/mol. The van der Waals surface area contributed by atoms with Crippen LogP contribution in [0.25, 0.3) is 0 Å². The van der Waals surface area contributed by atoms with Crippen molar-refractivity contribution in [3.05, 3.63) is 0 Å². The average Bonchev–Trinajstić information content (AvgIpc) is 2.26. The topological polar surface area (TPSA) is 58.9 Å². The summed E-state index contributed by atoms with van der Waals surface area (Å²) in [5.74, 6) is 5.81. The third-order valence-electron chi connectivity index (χ3n) is 1.69. The SMILES string of the molecule is CCC(C#CC(C)OCCO)OCCO. The molecule has 0 aliphatic heterocycles. The van der Waals surface area contributed by atoms with Gasteiger partial charge in [-0.25, -0.2) is 0 Å². The monoisotopic (exact) mass is 216 g/mol. The van der Waals surface area contributed by atoms with Crippen molar-refractivity contribution in [2.45, 2.75) is 32.5 Å². The molecule has 4 nitrogen and oxygen atoms in total. The van der Waals surface area contributed by atoms with Gasteiger partial charge in [0.25, 0.3) is 0 Å². The van der Waals surface area contributed by atoms with Crippen molar-refractivity contribution < 1.29 is 19.7 Å². The minimum absolute atomic E-state index is 0.00421. The first-order valence-electron chi connectivity index (χ1n) is 5.20. The molecule has 4 heteroatoms. The number of rotatable bonds is 7. The molecule has 2 N–H and O–H groups in total. The maximum Gasteiger partial charge on any atom is 0.118 e. The Labute approximate surface area is 91.2 Å². The number of aliphatic hydroxyl groups excluding tert-OH is 2. The van der Waals surface area contributed by atoms with Gasteiger partial charge >= 0.3 is 0 Å². The summed E-state index contributed by atoms with van der Waals surface area (Å²) < 4.78 is 10.4. The van der Waals surface area contributed by atoms with E-state index >= 15 is 0 Å². The molecule has 0 rings (SSSR count). The van der Waals surface area contributed by atoms with E-state index in [0.29, 0.717) is 13.2 Å². The van der Waals surface area contributed by atoms with Crippen LogP contribution < -0.4 is 0 Å². The molecule has 2 unspecified atom stereocenters. The van der Waals surface area contributed by atoms with Crippen molar-refractivity contribution in [3.63, 3.8) is 0 Å². The molecule has 0 aromatic heterocycles. The number of ether oxygens (including phenoxy) is 2. The Balaban J connectivity index is 3.86. The minimum atomic E-state index is -0.205. The summed E-state index contributed by atoms with van der Waals surface area (Å²) in [7, 11) is 0. The van der Waals surface area contributed by atoms with Crippen molar-refractivity contribution in [1.82, 2.24) is 0 Å². The highest BCUT2D eigenvalue weighted by atomic mass is 16.5. The van der Waals surface area contributed by atoms with Gasteiger partial charge in [-0.1, -0.05) is 18.8 Å².